The van der Waals surface area contributed by atoms with Gasteiger partial charge in [0.1, 0.15) is 0 Å². The molecule has 3 aromatic rings. The van der Waals surface area contributed by atoms with Gasteiger partial charge in [-0.15, -0.1) is 0 Å². The van der Waals surface area contributed by atoms with Gasteiger partial charge in [0.2, 0.25) is 0 Å². The summed E-state index contributed by atoms with van der Waals surface area (Å²) in [6.07, 6.45) is 36.4. The third-order valence-corrected chi connectivity index (χ3v) is 14.6. The van der Waals surface area contributed by atoms with E-state index in [4.69, 9.17) is 0 Å². The van der Waals surface area contributed by atoms with Crippen molar-refractivity contribution in [2.45, 2.75) is 205 Å². The van der Waals surface area contributed by atoms with Gasteiger partial charge >= 0.3 is 0 Å². The van der Waals surface area contributed by atoms with Gasteiger partial charge in [0.05, 0.1) is 32.5 Å². The summed E-state index contributed by atoms with van der Waals surface area (Å²) in [6.45, 7) is 6.87. The normalized spacial score (nSPS) is 21.9. The number of benzene rings is 3. The van der Waals surface area contributed by atoms with Crippen LogP contribution in [0.25, 0.3) is 0 Å². The lowest BCUT2D eigenvalue weighted by molar-refractivity contribution is 0.302. The van der Waals surface area contributed by atoms with Crippen LogP contribution in [-0.4, -0.2) is 15.5 Å². The zero-order valence-electron chi connectivity index (χ0n) is 38.8. The van der Waals surface area contributed by atoms with Crippen molar-refractivity contribution in [2.24, 2.45) is 32.7 Å². The number of nitrogens with zero attached hydrogens (tertiary/aromatic N) is 3. The summed E-state index contributed by atoms with van der Waals surface area (Å²) in [5.74, 6) is 5.20. The Morgan fingerprint density at radius 3 is 0.919 bits per heavy atom. The SMILES string of the molecule is CCCC1CCC(c2ccc(N=C=S)cc2)CC1.CCCCCCC1CCC(c2ccc(N=C=S)cc2)CC1.CCCCCCCCC1CCC(c2ccc(N=C=S)cc2)CC1. The average Bonchev–Trinajstić information content (AvgIpc) is 3.31. The zero-order chi connectivity index (χ0) is 44.0. The van der Waals surface area contributed by atoms with E-state index in [9.17, 15) is 0 Å². The molecule has 6 rings (SSSR count). The first kappa shape index (κ1) is 51.7. The fraction of sp³-hybridized carbons (Fsp3) is 0.625. The van der Waals surface area contributed by atoms with E-state index in [0.717, 1.165) is 52.6 Å². The summed E-state index contributed by atoms with van der Waals surface area (Å²) in [7, 11) is 0. The number of hydrogen-bond acceptors (Lipinski definition) is 6. The maximum absolute atomic E-state index is 4.65. The van der Waals surface area contributed by atoms with Crippen LogP contribution >= 0.6 is 36.7 Å². The van der Waals surface area contributed by atoms with Crippen molar-refractivity contribution in [3.63, 3.8) is 0 Å². The Bertz CT molecular complexity index is 1760. The summed E-state index contributed by atoms with van der Waals surface area (Å²) >= 11 is 13.9. The lowest BCUT2D eigenvalue weighted by Gasteiger charge is -2.29. The van der Waals surface area contributed by atoms with Gasteiger partial charge in [-0.25, -0.2) is 0 Å². The second-order valence-electron chi connectivity index (χ2n) is 18.7. The Morgan fingerprint density at radius 2 is 0.629 bits per heavy atom. The molecule has 0 amide bonds. The Kier molecular flexibility index (Phi) is 26.5. The first-order chi connectivity index (χ1) is 30.5. The van der Waals surface area contributed by atoms with Crippen molar-refractivity contribution < 1.29 is 0 Å². The van der Waals surface area contributed by atoms with Crippen LogP contribution in [0.5, 0.6) is 0 Å². The molecule has 3 nitrogen and oxygen atoms in total. The van der Waals surface area contributed by atoms with Crippen LogP contribution in [0, 0.1) is 17.8 Å². The summed E-state index contributed by atoms with van der Waals surface area (Å²) in [5, 5.41) is 7.27. The minimum Gasteiger partial charge on any atom is -0.195 e. The van der Waals surface area contributed by atoms with E-state index in [1.807, 2.05) is 12.1 Å². The predicted octanol–water partition coefficient (Wildman–Crippen LogP) is 19.6. The standard InChI is InChI=1S/C21H31NS.C19H27NS.C16H21NS/c1-2-3-4-5-6-7-8-18-9-11-19(12-10-18)20-13-15-21(16-14-20)22-17-23;1-2-3-4-5-6-16-7-9-17(10-8-16)18-11-13-19(14-12-18)20-15-21;1-2-3-13-4-6-14(7-5-13)15-8-10-16(11-9-15)17-12-18/h13-16,18-19H,2-12H2,1H3;11-14,16-17H,2-10H2,1H3;8-11,13-14H,2-7H2,1H3. The minimum atomic E-state index is 0.751. The van der Waals surface area contributed by atoms with Crippen LogP contribution in [0.1, 0.15) is 222 Å². The molecule has 0 aliphatic heterocycles. The second kappa shape index (κ2) is 31.8. The van der Waals surface area contributed by atoms with Crippen molar-refractivity contribution >= 4 is 69.2 Å². The van der Waals surface area contributed by atoms with Gasteiger partial charge < -0.3 is 0 Å². The molecule has 3 fully saturated rings. The van der Waals surface area contributed by atoms with Gasteiger partial charge in [-0.1, -0.05) is 147 Å². The van der Waals surface area contributed by atoms with Crippen LogP contribution in [0.15, 0.2) is 87.8 Å². The second-order valence-corrected chi connectivity index (χ2v) is 19.3. The van der Waals surface area contributed by atoms with Gasteiger partial charge in [0.15, 0.2) is 0 Å². The fourth-order valence-electron chi connectivity index (χ4n) is 10.5. The highest BCUT2D eigenvalue weighted by atomic mass is 32.1. The van der Waals surface area contributed by atoms with Crippen LogP contribution < -0.4 is 0 Å². The lowest BCUT2D eigenvalue weighted by atomic mass is 9.77. The first-order valence-electron chi connectivity index (χ1n) is 25.0. The molecule has 0 aromatic heterocycles. The summed E-state index contributed by atoms with van der Waals surface area (Å²) in [6, 6.07) is 25.7. The topological polar surface area (TPSA) is 37.1 Å². The number of thiocarbonyl (C=S) groups is 3. The van der Waals surface area contributed by atoms with Gasteiger partial charge in [0.25, 0.3) is 0 Å². The van der Waals surface area contributed by atoms with Crippen molar-refractivity contribution in [1.29, 1.82) is 0 Å². The molecule has 3 aliphatic rings. The number of rotatable bonds is 20. The molecule has 62 heavy (non-hydrogen) atoms. The number of isothiocyanates is 3. The summed E-state index contributed by atoms with van der Waals surface area (Å²) in [4.78, 5) is 12.0. The zero-order valence-corrected chi connectivity index (χ0v) is 41.3. The third kappa shape index (κ3) is 19.8. The molecule has 3 aliphatic carbocycles. The van der Waals surface area contributed by atoms with E-state index >= 15 is 0 Å². The molecule has 0 heterocycles. The number of aliphatic imine (C=N–C) groups is 3. The van der Waals surface area contributed by atoms with Gasteiger partial charge in [-0.05, 0) is 202 Å². The van der Waals surface area contributed by atoms with Crippen molar-refractivity contribution in [3.8, 4) is 0 Å². The smallest absolute Gasteiger partial charge is 0.0739 e. The molecule has 6 heteroatoms. The van der Waals surface area contributed by atoms with E-state index in [1.54, 1.807) is 0 Å². The van der Waals surface area contributed by atoms with E-state index < -0.39 is 0 Å². The van der Waals surface area contributed by atoms with Gasteiger partial charge in [-0.2, -0.15) is 15.0 Å². The van der Waals surface area contributed by atoms with Crippen molar-refractivity contribution in [1.82, 2.24) is 0 Å². The monoisotopic (exact) mass is 890 g/mol. The van der Waals surface area contributed by atoms with Crippen LogP contribution in [0.3, 0.4) is 0 Å². The largest absolute Gasteiger partial charge is 0.195 e. The Morgan fingerprint density at radius 1 is 0.355 bits per heavy atom. The summed E-state index contributed by atoms with van der Waals surface area (Å²) < 4.78 is 0. The Balaban J connectivity index is 0.000000206. The van der Waals surface area contributed by atoms with Crippen molar-refractivity contribution in [3.05, 3.63) is 89.5 Å². The molecule has 0 N–H and O–H groups in total. The highest BCUT2D eigenvalue weighted by Gasteiger charge is 2.24. The maximum Gasteiger partial charge on any atom is 0.0739 e. The minimum absolute atomic E-state index is 0.751. The molecular weight excluding hydrogens is 811 g/mol. The van der Waals surface area contributed by atoms with E-state index in [2.05, 4.69) is 149 Å². The molecule has 0 spiro atoms. The quantitative estimate of drug-likeness (QED) is 0.0644. The first-order valence-corrected chi connectivity index (χ1v) is 26.3. The van der Waals surface area contributed by atoms with Crippen molar-refractivity contribution in [2.75, 3.05) is 0 Å². The Hall–Kier alpha value is -2.94. The van der Waals surface area contributed by atoms with E-state index in [-0.39, 0.29) is 0 Å². The molecule has 336 valence electrons. The molecule has 0 atom stereocenters. The van der Waals surface area contributed by atoms with Gasteiger partial charge in [-0.3, -0.25) is 0 Å². The average molecular weight is 890 g/mol. The molecular formula is C56H79N3S3. The highest BCUT2D eigenvalue weighted by Crippen LogP contribution is 2.40. The van der Waals surface area contributed by atoms with Gasteiger partial charge in [0, 0.05) is 0 Å². The maximum atomic E-state index is 4.65. The van der Waals surface area contributed by atoms with Crippen LogP contribution in [0.2, 0.25) is 0 Å². The molecule has 3 saturated carbocycles. The lowest BCUT2D eigenvalue weighted by Crippen LogP contribution is -2.13. The predicted molar refractivity (Wildman–Crippen MR) is 279 cm³/mol. The highest BCUT2D eigenvalue weighted by molar-refractivity contribution is 7.78. The van der Waals surface area contributed by atoms with E-state index in [1.165, 1.54) is 184 Å². The van der Waals surface area contributed by atoms with Crippen LogP contribution in [0.4, 0.5) is 17.1 Å². The third-order valence-electron chi connectivity index (χ3n) is 14.3. The fourth-order valence-corrected chi connectivity index (χ4v) is 10.8. The molecule has 0 radical (unpaired) electrons. The molecule has 0 saturated heterocycles. The Labute approximate surface area is 394 Å². The molecule has 0 bridgehead atoms. The van der Waals surface area contributed by atoms with Crippen LogP contribution in [-0.2, 0) is 0 Å². The number of unbranched alkanes of at least 4 members (excludes halogenated alkanes) is 8. The molecule has 0 unspecified atom stereocenters. The van der Waals surface area contributed by atoms with E-state index in [0.29, 0.717) is 0 Å². The number of hydrogen-bond donors (Lipinski definition) is 0. The molecule has 3 aromatic carbocycles. The summed E-state index contributed by atoms with van der Waals surface area (Å²) in [5.41, 5.74) is 7.16.